The van der Waals surface area contributed by atoms with Crippen molar-refractivity contribution in [1.82, 2.24) is 4.31 Å². The Balaban J connectivity index is 1.46. The highest BCUT2D eigenvalue weighted by atomic mass is 32.2. The molecule has 0 aromatic heterocycles. The van der Waals surface area contributed by atoms with E-state index in [9.17, 15) is 40.7 Å². The van der Waals surface area contributed by atoms with Crippen LogP contribution in [0.1, 0.15) is 77.6 Å². The van der Waals surface area contributed by atoms with Gasteiger partial charge in [0.25, 0.3) is 0 Å². The number of rotatable bonds is 14. The molecule has 4 aromatic carbocycles. The molecule has 14 heteroatoms. The van der Waals surface area contributed by atoms with Gasteiger partial charge in [-0.25, -0.2) is 35.2 Å². The molecule has 0 heterocycles. The highest BCUT2D eigenvalue weighted by Crippen LogP contribution is 2.49. The third kappa shape index (κ3) is 7.68. The fourth-order valence-electron chi connectivity index (χ4n) is 6.28. The summed E-state index contributed by atoms with van der Waals surface area (Å²) in [5.74, 6) is -10.8. The van der Waals surface area contributed by atoms with E-state index in [-0.39, 0.29) is 41.8 Å². The lowest BCUT2D eigenvalue weighted by Gasteiger charge is -2.29. The number of halogens is 5. The summed E-state index contributed by atoms with van der Waals surface area (Å²) < 4.78 is 106. The summed E-state index contributed by atoms with van der Waals surface area (Å²) in [5.41, 5.74) is 2.53. The number of nitrogens with zero attached hydrogens (tertiary/aromatic N) is 2. The zero-order valence-electron chi connectivity index (χ0n) is 28.2. The van der Waals surface area contributed by atoms with Gasteiger partial charge in [0, 0.05) is 18.2 Å². The van der Waals surface area contributed by atoms with Crippen LogP contribution in [0.15, 0.2) is 71.6 Å². The van der Waals surface area contributed by atoms with Crippen molar-refractivity contribution >= 4 is 27.6 Å². The van der Waals surface area contributed by atoms with Gasteiger partial charge in [0.05, 0.1) is 30.9 Å². The fourth-order valence-corrected chi connectivity index (χ4v) is 7.71. The van der Waals surface area contributed by atoms with Crippen molar-refractivity contribution in [3.8, 4) is 5.75 Å². The Kier molecular flexibility index (Phi) is 10.4. The van der Waals surface area contributed by atoms with E-state index in [1.807, 2.05) is 12.1 Å². The number of hydrogen-bond donors (Lipinski definition) is 1. The molecular formula is C38H35F5N2O6S. The van der Waals surface area contributed by atoms with E-state index >= 15 is 4.39 Å². The Morgan fingerprint density at radius 3 is 2.19 bits per heavy atom. The van der Waals surface area contributed by atoms with Gasteiger partial charge >= 0.3 is 5.97 Å². The Labute approximate surface area is 297 Å². The van der Waals surface area contributed by atoms with E-state index in [4.69, 9.17) is 4.74 Å². The van der Waals surface area contributed by atoms with E-state index in [1.54, 1.807) is 6.92 Å². The van der Waals surface area contributed by atoms with Gasteiger partial charge in [-0.15, -0.1) is 0 Å². The van der Waals surface area contributed by atoms with Gasteiger partial charge in [-0.3, -0.25) is 4.79 Å². The van der Waals surface area contributed by atoms with Crippen LogP contribution in [0.25, 0.3) is 0 Å². The SMILES string of the molecule is CCOc1cc(C(=O)O)ccc1N(Cc1cc(C2CC2)cc(C2CC2C)c1)C(=O)CN(Cc1ccccc1F)S(=O)(=O)c1cc(F)c(F)c(F)c1F. The molecule has 0 aliphatic heterocycles. The number of carbonyl (C=O) groups excluding carboxylic acids is 1. The molecule has 0 radical (unpaired) electrons. The van der Waals surface area contributed by atoms with E-state index in [2.05, 4.69) is 13.0 Å². The lowest BCUT2D eigenvalue weighted by Crippen LogP contribution is -2.43. The van der Waals surface area contributed by atoms with Gasteiger partial charge in [-0.2, -0.15) is 4.31 Å². The quantitative estimate of drug-likeness (QED) is 0.0801. The minimum Gasteiger partial charge on any atom is -0.492 e. The standard InChI is InChI=1S/C38H35F5N2O6S/c1-3-51-32-16-24(38(47)48)10-11-31(32)45(18-22-13-26(23-8-9-23)15-27(14-22)28-12-21(28)2)34(46)20-44(19-25-6-4-5-7-29(25)39)52(49,50)33-17-30(40)35(41)37(43)36(33)42/h4-7,10-11,13-17,21,23,28H,3,8-9,12,18-20H2,1-2H3,(H,47,48). The first kappa shape index (κ1) is 37.0. The van der Waals surface area contributed by atoms with Crippen LogP contribution < -0.4 is 9.64 Å². The molecule has 8 nitrogen and oxygen atoms in total. The number of sulfonamides is 1. The minimum absolute atomic E-state index is 0.0117. The molecule has 6 rings (SSSR count). The summed E-state index contributed by atoms with van der Waals surface area (Å²) in [6, 6.07) is 14.8. The molecule has 1 amide bonds. The molecule has 2 atom stereocenters. The van der Waals surface area contributed by atoms with Crippen LogP contribution in [-0.4, -0.2) is 42.9 Å². The van der Waals surface area contributed by atoms with Crippen molar-refractivity contribution in [3.63, 3.8) is 0 Å². The van der Waals surface area contributed by atoms with Crippen molar-refractivity contribution < 1.29 is 49.8 Å². The van der Waals surface area contributed by atoms with Gasteiger partial charge in [0.15, 0.2) is 23.3 Å². The maximum atomic E-state index is 15.0. The van der Waals surface area contributed by atoms with Crippen LogP contribution in [0.5, 0.6) is 5.75 Å². The normalized spacial score (nSPS) is 16.9. The zero-order valence-corrected chi connectivity index (χ0v) is 29.0. The summed E-state index contributed by atoms with van der Waals surface area (Å²) in [7, 11) is -5.37. The Hall–Kier alpha value is -4.82. The highest BCUT2D eigenvalue weighted by Gasteiger charge is 2.37. The third-order valence-electron chi connectivity index (χ3n) is 9.37. The number of anilines is 1. The molecule has 0 saturated heterocycles. The van der Waals surface area contributed by atoms with E-state index in [0.29, 0.717) is 27.6 Å². The number of amides is 1. The lowest BCUT2D eigenvalue weighted by atomic mass is 9.98. The summed E-state index contributed by atoms with van der Waals surface area (Å²) in [5, 5.41) is 9.66. The third-order valence-corrected chi connectivity index (χ3v) is 11.2. The number of ether oxygens (including phenoxy) is 1. The molecule has 2 unspecified atom stereocenters. The van der Waals surface area contributed by atoms with Crippen LogP contribution in [0, 0.1) is 35.0 Å². The topological polar surface area (TPSA) is 104 Å². The first-order valence-electron chi connectivity index (χ1n) is 16.7. The molecule has 1 N–H and O–H groups in total. The second kappa shape index (κ2) is 14.7. The van der Waals surface area contributed by atoms with Crippen molar-refractivity contribution in [2.45, 2.75) is 62.9 Å². The second-order valence-corrected chi connectivity index (χ2v) is 15.1. The number of hydrogen-bond acceptors (Lipinski definition) is 5. The predicted octanol–water partition coefficient (Wildman–Crippen LogP) is 7.90. The molecule has 274 valence electrons. The van der Waals surface area contributed by atoms with E-state index < -0.39 is 69.0 Å². The first-order chi connectivity index (χ1) is 24.7. The number of carbonyl (C=O) groups is 2. The Bertz CT molecular complexity index is 2160. The molecule has 2 fully saturated rings. The van der Waals surface area contributed by atoms with Crippen molar-refractivity contribution in [2.24, 2.45) is 5.92 Å². The van der Waals surface area contributed by atoms with E-state index in [0.717, 1.165) is 36.5 Å². The monoisotopic (exact) mass is 742 g/mol. The highest BCUT2D eigenvalue weighted by molar-refractivity contribution is 7.89. The number of benzene rings is 4. The molecular weight excluding hydrogens is 707 g/mol. The van der Waals surface area contributed by atoms with Crippen molar-refractivity contribution in [2.75, 3.05) is 18.1 Å². The molecule has 4 aromatic rings. The molecule has 0 spiro atoms. The maximum absolute atomic E-state index is 15.0. The first-order valence-corrected chi connectivity index (χ1v) is 18.1. The maximum Gasteiger partial charge on any atom is 0.335 e. The zero-order chi connectivity index (χ0) is 37.5. The number of aromatic carboxylic acids is 1. The van der Waals surface area contributed by atoms with Crippen LogP contribution in [0.4, 0.5) is 27.6 Å². The van der Waals surface area contributed by atoms with Crippen molar-refractivity contribution in [3.05, 3.63) is 124 Å². The molecule has 52 heavy (non-hydrogen) atoms. The van der Waals surface area contributed by atoms with Crippen LogP contribution >= 0.6 is 0 Å². The van der Waals surface area contributed by atoms with E-state index in [1.165, 1.54) is 41.3 Å². The van der Waals surface area contributed by atoms with Gasteiger partial charge < -0.3 is 14.7 Å². The van der Waals surface area contributed by atoms with Crippen LogP contribution in [0.2, 0.25) is 0 Å². The smallest absolute Gasteiger partial charge is 0.335 e. The van der Waals surface area contributed by atoms with Gasteiger partial charge in [-0.05, 0) is 84.9 Å². The number of carboxylic acids is 1. The average molecular weight is 743 g/mol. The summed E-state index contributed by atoms with van der Waals surface area (Å²) in [4.78, 5) is 26.0. The molecule has 2 saturated carbocycles. The van der Waals surface area contributed by atoms with Gasteiger partial charge in [0.2, 0.25) is 15.9 Å². The van der Waals surface area contributed by atoms with Crippen LogP contribution in [-0.2, 0) is 27.9 Å². The predicted molar refractivity (Wildman–Crippen MR) is 181 cm³/mol. The van der Waals surface area contributed by atoms with Gasteiger partial charge in [0.1, 0.15) is 16.5 Å². The van der Waals surface area contributed by atoms with Crippen LogP contribution in [0.3, 0.4) is 0 Å². The summed E-state index contributed by atoms with van der Waals surface area (Å²) >= 11 is 0. The van der Waals surface area contributed by atoms with Crippen molar-refractivity contribution in [1.29, 1.82) is 0 Å². The average Bonchev–Trinajstić information content (AvgIpc) is 4.05. The fraction of sp³-hybridized carbons (Fsp3) is 0.316. The summed E-state index contributed by atoms with van der Waals surface area (Å²) in [6.07, 6.45) is 2.99. The Morgan fingerprint density at radius 1 is 0.865 bits per heavy atom. The van der Waals surface area contributed by atoms with Gasteiger partial charge in [-0.1, -0.05) is 43.3 Å². The molecule has 2 aliphatic rings. The second-order valence-electron chi connectivity index (χ2n) is 13.2. The number of carboxylic acid groups (broad SMARTS) is 1. The Morgan fingerprint density at radius 2 is 1.56 bits per heavy atom. The molecule has 0 bridgehead atoms. The lowest BCUT2D eigenvalue weighted by molar-refractivity contribution is -0.119. The molecule has 2 aliphatic carbocycles. The largest absolute Gasteiger partial charge is 0.492 e. The minimum atomic E-state index is -5.37. The summed E-state index contributed by atoms with van der Waals surface area (Å²) in [6.45, 7) is 1.69.